The Morgan fingerprint density at radius 1 is 1.23 bits per heavy atom. The molecule has 30 heavy (non-hydrogen) atoms. The van der Waals surface area contributed by atoms with Crippen molar-refractivity contribution in [1.29, 1.82) is 0 Å². The first-order chi connectivity index (χ1) is 14.3. The Morgan fingerprint density at radius 3 is 2.60 bits per heavy atom. The van der Waals surface area contributed by atoms with Crippen LogP contribution < -0.4 is 5.73 Å². The van der Waals surface area contributed by atoms with Gasteiger partial charge < -0.3 is 10.3 Å². The minimum absolute atomic E-state index is 0.222. The van der Waals surface area contributed by atoms with E-state index in [1.807, 2.05) is 9.95 Å². The lowest BCUT2D eigenvalue weighted by molar-refractivity contribution is -0.137. The molecule has 158 valence electrons. The molecule has 0 bridgehead atoms. The van der Waals surface area contributed by atoms with Crippen LogP contribution in [0.1, 0.15) is 42.3 Å². The van der Waals surface area contributed by atoms with Gasteiger partial charge in [-0.15, -0.1) is 21.5 Å². The number of nitrogens with zero attached hydrogens (tertiary/aromatic N) is 4. The molecular weight excluding hydrogens is 435 g/mol. The Morgan fingerprint density at radius 2 is 1.97 bits per heavy atom. The fourth-order valence-electron chi connectivity index (χ4n) is 2.93. The Kier molecular flexibility index (Phi) is 5.83. The van der Waals surface area contributed by atoms with E-state index < -0.39 is 11.7 Å². The summed E-state index contributed by atoms with van der Waals surface area (Å²) in [6.07, 6.45) is -1.99. The van der Waals surface area contributed by atoms with Crippen LogP contribution in [0.25, 0.3) is 10.6 Å². The molecule has 1 aromatic carbocycles. The monoisotopic (exact) mass is 453 g/mol. The molecular formula is C19H18F3N5OS2. The van der Waals surface area contributed by atoms with E-state index >= 15 is 0 Å². The highest BCUT2D eigenvalue weighted by Gasteiger charge is 2.31. The zero-order valence-corrected chi connectivity index (χ0v) is 17.4. The number of thioether (sulfide) groups is 1. The van der Waals surface area contributed by atoms with Gasteiger partial charge in [0.1, 0.15) is 10.8 Å². The number of primary amides is 1. The maximum atomic E-state index is 12.7. The second-order valence-electron chi connectivity index (χ2n) is 6.99. The van der Waals surface area contributed by atoms with Crippen LogP contribution in [0, 0.1) is 0 Å². The van der Waals surface area contributed by atoms with Crippen LogP contribution in [0.15, 0.2) is 34.8 Å². The molecule has 2 aromatic heterocycles. The highest BCUT2D eigenvalue weighted by atomic mass is 32.2. The third-order valence-corrected chi connectivity index (χ3v) is 6.57. The Bertz CT molecular complexity index is 1040. The lowest BCUT2D eigenvalue weighted by Gasteiger charge is -2.08. The summed E-state index contributed by atoms with van der Waals surface area (Å²) in [5.74, 6) is 1.45. The average Bonchev–Trinajstić information content (AvgIpc) is 3.29. The number of hydrogen-bond acceptors (Lipinski definition) is 6. The van der Waals surface area contributed by atoms with Crippen LogP contribution in [0.4, 0.5) is 13.2 Å². The van der Waals surface area contributed by atoms with Crippen molar-refractivity contribution in [3.8, 4) is 10.6 Å². The van der Waals surface area contributed by atoms with Crippen LogP contribution in [-0.2, 0) is 23.3 Å². The third-order valence-electron chi connectivity index (χ3n) is 4.63. The second kappa shape index (κ2) is 8.38. The van der Waals surface area contributed by atoms with Crippen molar-refractivity contribution in [2.45, 2.75) is 48.8 Å². The van der Waals surface area contributed by atoms with Gasteiger partial charge in [-0.05, 0) is 25.0 Å². The number of alkyl halides is 3. The van der Waals surface area contributed by atoms with Crippen molar-refractivity contribution >= 4 is 29.0 Å². The maximum absolute atomic E-state index is 12.7. The highest BCUT2D eigenvalue weighted by Crippen LogP contribution is 2.40. The van der Waals surface area contributed by atoms with E-state index in [0.717, 1.165) is 36.5 Å². The van der Waals surface area contributed by atoms with E-state index in [-0.39, 0.29) is 12.3 Å². The van der Waals surface area contributed by atoms with Gasteiger partial charge in [-0.25, -0.2) is 4.98 Å². The SMILES string of the molecule is NC(=O)CCn1c(SCc2csc(-c3ccc(C(F)(F)F)cc3)n2)nnc1C1CC1. The number of rotatable bonds is 8. The Labute approximate surface area is 178 Å². The number of nitrogens with two attached hydrogens (primary N) is 1. The Balaban J connectivity index is 1.44. The molecule has 1 amide bonds. The minimum Gasteiger partial charge on any atom is -0.370 e. The predicted octanol–water partition coefficient (Wildman–Crippen LogP) is 4.47. The maximum Gasteiger partial charge on any atom is 0.416 e. The lowest BCUT2D eigenvalue weighted by Crippen LogP contribution is -2.15. The summed E-state index contributed by atoms with van der Waals surface area (Å²) < 4.78 is 40.1. The number of thiazole rings is 1. The van der Waals surface area contributed by atoms with Crippen molar-refractivity contribution < 1.29 is 18.0 Å². The Hall–Kier alpha value is -2.40. The highest BCUT2D eigenvalue weighted by molar-refractivity contribution is 7.98. The summed E-state index contributed by atoms with van der Waals surface area (Å²) in [7, 11) is 0. The summed E-state index contributed by atoms with van der Waals surface area (Å²) in [5.41, 5.74) is 6.05. The van der Waals surface area contributed by atoms with Gasteiger partial charge in [-0.3, -0.25) is 4.79 Å². The first kappa shape index (κ1) is 20.9. The van der Waals surface area contributed by atoms with Crippen molar-refractivity contribution in [2.24, 2.45) is 5.73 Å². The second-order valence-corrected chi connectivity index (χ2v) is 8.79. The number of hydrogen-bond donors (Lipinski definition) is 1. The number of benzene rings is 1. The number of carbonyl (C=O) groups is 1. The largest absolute Gasteiger partial charge is 0.416 e. The summed E-state index contributed by atoms with van der Waals surface area (Å²) in [6.45, 7) is 0.449. The van der Waals surface area contributed by atoms with Gasteiger partial charge in [0, 0.05) is 35.6 Å². The molecule has 1 aliphatic carbocycles. The molecule has 2 N–H and O–H groups in total. The fraction of sp³-hybridized carbons (Fsp3) is 0.368. The molecule has 11 heteroatoms. The van der Waals surface area contributed by atoms with Crippen molar-refractivity contribution in [2.75, 3.05) is 0 Å². The number of amides is 1. The van der Waals surface area contributed by atoms with Gasteiger partial charge in [0.05, 0.1) is 11.3 Å². The number of halogens is 3. The van der Waals surface area contributed by atoms with E-state index in [4.69, 9.17) is 5.73 Å². The van der Waals surface area contributed by atoms with E-state index in [1.54, 1.807) is 0 Å². The fourth-order valence-corrected chi connectivity index (χ4v) is 4.72. The van der Waals surface area contributed by atoms with Gasteiger partial charge in [0.25, 0.3) is 0 Å². The van der Waals surface area contributed by atoms with Crippen LogP contribution in [0.2, 0.25) is 0 Å². The molecule has 1 aliphatic rings. The van der Waals surface area contributed by atoms with Crippen molar-refractivity contribution in [3.05, 3.63) is 46.7 Å². The molecule has 1 fully saturated rings. The van der Waals surface area contributed by atoms with Gasteiger partial charge in [-0.1, -0.05) is 23.9 Å². The summed E-state index contributed by atoms with van der Waals surface area (Å²) in [4.78, 5) is 15.7. The standard InChI is InChI=1S/C19H18F3N5OS2/c20-19(21,22)13-5-3-12(4-6-13)17-24-14(9-29-17)10-30-18-26-25-16(11-1-2-11)27(18)8-7-15(23)28/h3-6,9,11H,1-2,7-8,10H2,(H2,23,28). The normalized spacial score (nSPS) is 14.2. The van der Waals surface area contributed by atoms with Crippen molar-refractivity contribution in [1.82, 2.24) is 19.7 Å². The summed E-state index contributed by atoms with van der Waals surface area (Å²) >= 11 is 2.84. The lowest BCUT2D eigenvalue weighted by atomic mass is 10.1. The zero-order valence-electron chi connectivity index (χ0n) is 15.7. The van der Waals surface area contributed by atoms with E-state index in [1.165, 1.54) is 35.2 Å². The molecule has 6 nitrogen and oxygen atoms in total. The van der Waals surface area contributed by atoms with Crippen molar-refractivity contribution in [3.63, 3.8) is 0 Å². The van der Waals surface area contributed by atoms with Crippen LogP contribution >= 0.6 is 23.1 Å². The van der Waals surface area contributed by atoms with Crippen LogP contribution in [-0.4, -0.2) is 25.7 Å². The van der Waals surface area contributed by atoms with E-state index in [2.05, 4.69) is 15.2 Å². The minimum atomic E-state index is -4.35. The zero-order chi connectivity index (χ0) is 21.3. The topological polar surface area (TPSA) is 86.7 Å². The smallest absolute Gasteiger partial charge is 0.370 e. The van der Waals surface area contributed by atoms with E-state index in [0.29, 0.717) is 33.9 Å². The summed E-state index contributed by atoms with van der Waals surface area (Å²) in [5, 5.41) is 11.8. The number of aromatic nitrogens is 4. The molecule has 2 heterocycles. The molecule has 0 unspecified atom stereocenters. The first-order valence-corrected chi connectivity index (χ1v) is 11.1. The van der Waals surface area contributed by atoms with Gasteiger partial charge in [-0.2, -0.15) is 13.2 Å². The summed E-state index contributed by atoms with van der Waals surface area (Å²) in [6, 6.07) is 4.99. The molecule has 0 saturated heterocycles. The predicted molar refractivity (Wildman–Crippen MR) is 108 cm³/mol. The molecule has 0 spiro atoms. The van der Waals surface area contributed by atoms with Gasteiger partial charge in [0.2, 0.25) is 5.91 Å². The number of carbonyl (C=O) groups excluding carboxylic acids is 1. The molecule has 3 aromatic rings. The molecule has 0 atom stereocenters. The van der Waals surface area contributed by atoms with Gasteiger partial charge in [0.15, 0.2) is 5.16 Å². The molecule has 4 rings (SSSR count). The average molecular weight is 454 g/mol. The molecule has 0 aliphatic heterocycles. The van der Waals surface area contributed by atoms with Crippen LogP contribution in [0.5, 0.6) is 0 Å². The quantitative estimate of drug-likeness (QED) is 0.509. The first-order valence-electron chi connectivity index (χ1n) is 9.27. The van der Waals surface area contributed by atoms with Gasteiger partial charge >= 0.3 is 6.18 Å². The molecule has 0 radical (unpaired) electrons. The third kappa shape index (κ3) is 4.84. The molecule has 1 saturated carbocycles. The van der Waals surface area contributed by atoms with Crippen LogP contribution in [0.3, 0.4) is 0 Å². The van der Waals surface area contributed by atoms with E-state index in [9.17, 15) is 18.0 Å².